The van der Waals surface area contributed by atoms with Crippen molar-refractivity contribution in [1.82, 2.24) is 10.6 Å². The van der Waals surface area contributed by atoms with E-state index in [1.165, 1.54) is 24.3 Å². The zero-order chi connectivity index (χ0) is 29.0. The summed E-state index contributed by atoms with van der Waals surface area (Å²) in [6.07, 6.45) is -3.66. The van der Waals surface area contributed by atoms with Crippen LogP contribution in [0.15, 0.2) is 84.9 Å². The van der Waals surface area contributed by atoms with Gasteiger partial charge in [-0.25, -0.2) is 4.79 Å². The third-order valence-electron chi connectivity index (χ3n) is 7.49. The Morgan fingerprint density at radius 1 is 0.927 bits per heavy atom. The molecule has 1 aliphatic rings. The van der Waals surface area contributed by atoms with Crippen molar-refractivity contribution < 1.29 is 32.6 Å². The van der Waals surface area contributed by atoms with Gasteiger partial charge in [0.05, 0.1) is 16.7 Å². The van der Waals surface area contributed by atoms with E-state index in [9.17, 15) is 27.9 Å². The normalized spacial score (nSPS) is 17.2. The summed E-state index contributed by atoms with van der Waals surface area (Å²) in [5, 5.41) is 17.5. The number of carbonyl (C=O) groups is 2. The molecule has 5 rings (SSSR count). The summed E-state index contributed by atoms with van der Waals surface area (Å²) in [6.45, 7) is 1.83. The fourth-order valence-electron chi connectivity index (χ4n) is 5.35. The van der Waals surface area contributed by atoms with E-state index < -0.39 is 23.6 Å². The number of carboxylic acid groups (broad SMARTS) is 1. The van der Waals surface area contributed by atoms with Crippen molar-refractivity contribution in [2.75, 3.05) is 19.6 Å². The zero-order valence-corrected chi connectivity index (χ0v) is 22.1. The molecule has 1 aliphatic heterocycles. The topological polar surface area (TPSA) is 87.7 Å². The fraction of sp³-hybridized carbons (Fsp3) is 0.250. The van der Waals surface area contributed by atoms with Crippen LogP contribution in [0, 0.1) is 5.92 Å². The lowest BCUT2D eigenvalue weighted by molar-refractivity contribution is -0.139. The van der Waals surface area contributed by atoms with E-state index in [1.807, 2.05) is 42.5 Å². The SMILES string of the molecule is O=C(O)c1cc2ccccc2cc1C(=O)NCC1CNCCC1c1ccc(COc2ccccc2C(F)(F)F)cc1. The van der Waals surface area contributed by atoms with Crippen molar-refractivity contribution in [2.45, 2.75) is 25.1 Å². The second-order valence-electron chi connectivity index (χ2n) is 10.1. The van der Waals surface area contributed by atoms with Gasteiger partial charge in [0.1, 0.15) is 12.4 Å². The van der Waals surface area contributed by atoms with Crippen LogP contribution in [0.5, 0.6) is 5.75 Å². The largest absolute Gasteiger partial charge is 0.488 e. The smallest absolute Gasteiger partial charge is 0.419 e. The standard InChI is InChI=1S/C32H29F3N2O4/c33-32(34,35)28-7-3-4-8-29(28)41-19-20-9-11-21(12-10-20)25-13-14-36-17-24(25)18-37-30(38)26-15-22-5-1-2-6-23(22)16-27(26)31(39)40/h1-12,15-16,24-25,36H,13-14,17-19H2,(H,37,38)(H,39,40). The molecule has 41 heavy (non-hydrogen) atoms. The number of para-hydroxylation sites is 1. The average Bonchev–Trinajstić information content (AvgIpc) is 2.98. The number of ether oxygens (including phenoxy) is 1. The molecule has 212 valence electrons. The third-order valence-corrected chi connectivity index (χ3v) is 7.49. The highest BCUT2D eigenvalue weighted by molar-refractivity contribution is 6.08. The number of carbonyl (C=O) groups excluding carboxylic acids is 1. The minimum atomic E-state index is -4.50. The Labute approximate surface area is 235 Å². The minimum Gasteiger partial charge on any atom is -0.488 e. The Bertz CT molecular complexity index is 1550. The van der Waals surface area contributed by atoms with Crippen LogP contribution in [-0.4, -0.2) is 36.6 Å². The number of piperidine rings is 1. The highest BCUT2D eigenvalue weighted by Gasteiger charge is 2.34. The molecule has 6 nitrogen and oxygen atoms in total. The molecule has 2 unspecified atom stereocenters. The number of nitrogens with one attached hydrogen (secondary N) is 2. The molecule has 1 fully saturated rings. The van der Waals surface area contributed by atoms with Crippen LogP contribution in [0.1, 0.15) is 49.7 Å². The van der Waals surface area contributed by atoms with Gasteiger partial charge in [0.25, 0.3) is 5.91 Å². The number of amides is 1. The number of rotatable bonds is 8. The van der Waals surface area contributed by atoms with Gasteiger partial charge in [-0.15, -0.1) is 0 Å². The van der Waals surface area contributed by atoms with E-state index >= 15 is 0 Å². The molecule has 0 bridgehead atoms. The van der Waals surface area contributed by atoms with Crippen LogP contribution in [0.4, 0.5) is 13.2 Å². The number of alkyl halides is 3. The van der Waals surface area contributed by atoms with E-state index in [0.717, 1.165) is 40.9 Å². The number of hydrogen-bond donors (Lipinski definition) is 3. The highest BCUT2D eigenvalue weighted by atomic mass is 19.4. The van der Waals surface area contributed by atoms with Crippen LogP contribution < -0.4 is 15.4 Å². The van der Waals surface area contributed by atoms with Crippen molar-refractivity contribution in [2.24, 2.45) is 5.92 Å². The molecule has 0 aromatic heterocycles. The van der Waals surface area contributed by atoms with E-state index in [2.05, 4.69) is 10.6 Å². The van der Waals surface area contributed by atoms with E-state index in [4.69, 9.17) is 4.74 Å². The lowest BCUT2D eigenvalue weighted by Crippen LogP contribution is -2.42. The zero-order valence-electron chi connectivity index (χ0n) is 22.1. The fourth-order valence-corrected chi connectivity index (χ4v) is 5.35. The Balaban J connectivity index is 1.25. The van der Waals surface area contributed by atoms with Gasteiger partial charge in [0.15, 0.2) is 0 Å². The number of aromatic carboxylic acids is 1. The molecule has 2 atom stereocenters. The van der Waals surface area contributed by atoms with Gasteiger partial charge in [-0.3, -0.25) is 4.79 Å². The van der Waals surface area contributed by atoms with Crippen LogP contribution in [0.2, 0.25) is 0 Å². The van der Waals surface area contributed by atoms with E-state index in [1.54, 1.807) is 12.1 Å². The number of benzene rings is 4. The first kappa shape index (κ1) is 28.2. The van der Waals surface area contributed by atoms with Gasteiger partial charge in [-0.05, 0) is 71.0 Å². The first-order chi connectivity index (χ1) is 19.7. The van der Waals surface area contributed by atoms with Gasteiger partial charge in [-0.2, -0.15) is 13.2 Å². The molecule has 3 N–H and O–H groups in total. The van der Waals surface area contributed by atoms with Crippen molar-refractivity contribution in [3.63, 3.8) is 0 Å². The minimum absolute atomic E-state index is 0.00322. The Kier molecular flexibility index (Phi) is 8.26. The molecule has 4 aromatic rings. The van der Waals surface area contributed by atoms with Gasteiger partial charge in [-0.1, -0.05) is 60.7 Å². The molecule has 0 radical (unpaired) electrons. The summed E-state index contributed by atoms with van der Waals surface area (Å²) < 4.78 is 45.3. The summed E-state index contributed by atoms with van der Waals surface area (Å²) in [5.74, 6) is -1.63. The lowest BCUT2D eigenvalue weighted by atomic mass is 9.81. The maximum Gasteiger partial charge on any atom is 0.419 e. The molecule has 4 aromatic carbocycles. The van der Waals surface area contributed by atoms with Crippen LogP contribution in [0.25, 0.3) is 10.8 Å². The summed E-state index contributed by atoms with van der Waals surface area (Å²) in [5.41, 5.74) is 1.06. The molecular weight excluding hydrogens is 533 g/mol. The van der Waals surface area contributed by atoms with Crippen molar-refractivity contribution >= 4 is 22.6 Å². The van der Waals surface area contributed by atoms with Gasteiger partial charge >= 0.3 is 12.1 Å². The number of halogens is 3. The lowest BCUT2D eigenvalue weighted by Gasteiger charge is -2.33. The highest BCUT2D eigenvalue weighted by Crippen LogP contribution is 2.36. The average molecular weight is 563 g/mol. The predicted octanol–water partition coefficient (Wildman–Crippen LogP) is 6.26. The molecule has 0 spiro atoms. The van der Waals surface area contributed by atoms with Gasteiger partial charge in [0.2, 0.25) is 0 Å². The van der Waals surface area contributed by atoms with Gasteiger partial charge in [0, 0.05) is 13.1 Å². The van der Waals surface area contributed by atoms with E-state index in [0.29, 0.717) is 13.1 Å². The number of hydrogen-bond acceptors (Lipinski definition) is 4. The van der Waals surface area contributed by atoms with E-state index in [-0.39, 0.29) is 35.3 Å². The first-order valence-electron chi connectivity index (χ1n) is 13.3. The molecular formula is C32H29F3N2O4. The summed E-state index contributed by atoms with van der Waals surface area (Å²) in [4.78, 5) is 25.0. The van der Waals surface area contributed by atoms with Crippen LogP contribution in [0.3, 0.4) is 0 Å². The first-order valence-corrected chi connectivity index (χ1v) is 13.3. The predicted molar refractivity (Wildman–Crippen MR) is 149 cm³/mol. The van der Waals surface area contributed by atoms with Crippen molar-refractivity contribution in [1.29, 1.82) is 0 Å². The summed E-state index contributed by atoms with van der Waals surface area (Å²) >= 11 is 0. The summed E-state index contributed by atoms with van der Waals surface area (Å²) in [6, 6.07) is 23.1. The number of carboxylic acids is 1. The Morgan fingerprint density at radius 3 is 2.27 bits per heavy atom. The Hall–Kier alpha value is -4.37. The van der Waals surface area contributed by atoms with Gasteiger partial charge < -0.3 is 20.5 Å². The maximum absolute atomic E-state index is 13.3. The van der Waals surface area contributed by atoms with Crippen molar-refractivity contribution in [3.05, 3.63) is 113 Å². The maximum atomic E-state index is 13.3. The molecule has 1 saturated heterocycles. The number of fused-ring (bicyclic) bond motifs is 1. The van der Waals surface area contributed by atoms with Crippen LogP contribution in [-0.2, 0) is 12.8 Å². The Morgan fingerprint density at radius 2 is 1.59 bits per heavy atom. The quantitative estimate of drug-likeness (QED) is 0.236. The van der Waals surface area contributed by atoms with Crippen molar-refractivity contribution in [3.8, 4) is 5.75 Å². The molecule has 0 saturated carbocycles. The molecule has 1 amide bonds. The molecule has 9 heteroatoms. The monoisotopic (exact) mass is 562 g/mol. The molecule has 0 aliphatic carbocycles. The third kappa shape index (κ3) is 6.52. The second-order valence-corrected chi connectivity index (χ2v) is 10.1. The molecule has 1 heterocycles. The second kappa shape index (κ2) is 12.0. The van der Waals surface area contributed by atoms with Crippen LogP contribution >= 0.6 is 0 Å². The summed E-state index contributed by atoms with van der Waals surface area (Å²) in [7, 11) is 0.